The second-order valence-electron chi connectivity index (χ2n) is 10.7. The molecule has 0 aromatic heterocycles. The van der Waals surface area contributed by atoms with Crippen molar-refractivity contribution in [1.29, 1.82) is 0 Å². The molecule has 0 fully saturated rings. The van der Waals surface area contributed by atoms with Crippen LogP contribution in [0, 0.1) is 13.8 Å². The number of hydrogen-bond acceptors (Lipinski definition) is 8. The monoisotopic (exact) mass is 821 g/mol. The number of rotatable bonds is 16. The summed E-state index contributed by atoms with van der Waals surface area (Å²) in [5.74, 6) is 0.0123. The first-order valence-corrected chi connectivity index (χ1v) is 17.7. The average molecular weight is 824 g/mol. The zero-order chi connectivity index (χ0) is 36.5. The second-order valence-corrected chi connectivity index (χ2v) is 12.2. The standard InChI is InChI=1S/2C18H19Cl2N3O2.Cu/c2*1-13-12-14(23(10-8-19)11-9-20)6-7-16(13)21-22-17-5-3-2-4-15(17)18(24)25;/h2*2-7,12H,8-11H2,1H3,(H,24,25);. The molecule has 0 aliphatic heterocycles. The van der Waals surface area contributed by atoms with Gasteiger partial charge in [0, 0.05) is 78.1 Å². The van der Waals surface area contributed by atoms with Gasteiger partial charge in [-0.25, -0.2) is 9.59 Å². The Morgan fingerprint density at radius 1 is 0.529 bits per heavy atom. The van der Waals surface area contributed by atoms with Crippen molar-refractivity contribution in [3.05, 3.63) is 107 Å². The molecule has 0 saturated carbocycles. The number of anilines is 2. The number of alkyl halides is 4. The van der Waals surface area contributed by atoms with Crippen molar-refractivity contribution < 1.29 is 36.9 Å². The van der Waals surface area contributed by atoms with Crippen LogP contribution in [-0.4, -0.2) is 71.9 Å². The number of benzene rings is 4. The zero-order valence-corrected chi connectivity index (χ0v) is 31.9. The van der Waals surface area contributed by atoms with Crippen molar-refractivity contribution in [2.75, 3.05) is 59.5 Å². The molecule has 0 aliphatic carbocycles. The zero-order valence-electron chi connectivity index (χ0n) is 27.9. The number of azo groups is 2. The first-order chi connectivity index (χ1) is 24.1. The van der Waals surface area contributed by atoms with Gasteiger partial charge in [-0.15, -0.1) is 56.6 Å². The van der Waals surface area contributed by atoms with E-state index in [4.69, 9.17) is 46.4 Å². The number of halogens is 4. The van der Waals surface area contributed by atoms with Crippen molar-refractivity contribution in [2.45, 2.75) is 13.8 Å². The number of aromatic carboxylic acids is 2. The van der Waals surface area contributed by atoms with E-state index in [1.54, 1.807) is 36.4 Å². The van der Waals surface area contributed by atoms with E-state index in [-0.39, 0.29) is 28.2 Å². The minimum Gasteiger partial charge on any atom is -0.478 e. The molecule has 275 valence electrons. The largest absolute Gasteiger partial charge is 0.478 e. The molecule has 15 heteroatoms. The molecule has 0 unspecified atom stereocenters. The first-order valence-electron chi connectivity index (χ1n) is 15.6. The number of hydrogen-bond donors (Lipinski definition) is 2. The van der Waals surface area contributed by atoms with Gasteiger partial charge in [-0.3, -0.25) is 0 Å². The number of nitrogens with zero attached hydrogens (tertiary/aromatic N) is 6. The van der Waals surface area contributed by atoms with Gasteiger partial charge in [0.05, 0.1) is 22.5 Å². The van der Waals surface area contributed by atoms with E-state index in [9.17, 15) is 19.8 Å². The average Bonchev–Trinajstić information content (AvgIpc) is 3.11. The summed E-state index contributed by atoms with van der Waals surface area (Å²) in [6, 6.07) is 24.6. The molecule has 0 saturated heterocycles. The van der Waals surface area contributed by atoms with Crippen LogP contribution in [0.25, 0.3) is 0 Å². The van der Waals surface area contributed by atoms with Crippen molar-refractivity contribution in [1.82, 2.24) is 0 Å². The quantitative estimate of drug-likeness (QED) is 0.0657. The Morgan fingerprint density at radius 3 is 1.14 bits per heavy atom. The summed E-state index contributed by atoms with van der Waals surface area (Å²) in [6.45, 7) is 6.70. The Morgan fingerprint density at radius 2 is 0.843 bits per heavy atom. The van der Waals surface area contributed by atoms with E-state index < -0.39 is 11.9 Å². The maximum absolute atomic E-state index is 11.2. The minimum absolute atomic E-state index is 0. The molecule has 4 rings (SSSR count). The van der Waals surface area contributed by atoms with Gasteiger partial charge in [-0.1, -0.05) is 24.3 Å². The van der Waals surface area contributed by atoms with Crippen LogP contribution in [0.15, 0.2) is 105 Å². The molecule has 4 aromatic carbocycles. The van der Waals surface area contributed by atoms with Crippen LogP contribution in [0.5, 0.6) is 0 Å². The van der Waals surface area contributed by atoms with Crippen LogP contribution in [0.1, 0.15) is 31.8 Å². The van der Waals surface area contributed by atoms with E-state index in [1.165, 1.54) is 12.1 Å². The summed E-state index contributed by atoms with van der Waals surface area (Å²) in [6.07, 6.45) is 0. The van der Waals surface area contributed by atoms with Gasteiger partial charge in [-0.05, 0) is 85.6 Å². The Bertz CT molecular complexity index is 1660. The van der Waals surface area contributed by atoms with Gasteiger partial charge in [0.25, 0.3) is 0 Å². The fourth-order valence-corrected chi connectivity index (χ4v) is 5.56. The molecule has 0 heterocycles. The fourth-order valence-electron chi connectivity index (χ4n) is 4.74. The van der Waals surface area contributed by atoms with Gasteiger partial charge >= 0.3 is 11.9 Å². The summed E-state index contributed by atoms with van der Waals surface area (Å²) < 4.78 is 0. The van der Waals surface area contributed by atoms with E-state index in [0.29, 0.717) is 72.4 Å². The number of aryl methyl sites for hydroxylation is 2. The fraction of sp³-hybridized carbons (Fsp3) is 0.278. The van der Waals surface area contributed by atoms with Crippen LogP contribution in [0.4, 0.5) is 34.1 Å². The van der Waals surface area contributed by atoms with Crippen LogP contribution >= 0.6 is 46.4 Å². The Labute approximate surface area is 328 Å². The molecule has 0 spiro atoms. The van der Waals surface area contributed by atoms with Crippen LogP contribution in [0.2, 0.25) is 0 Å². The van der Waals surface area contributed by atoms with Crippen molar-refractivity contribution in [2.24, 2.45) is 20.5 Å². The molecule has 0 aliphatic rings. The SMILES string of the molecule is Cc1cc(N(CCCl)CCCl)ccc1N=Nc1ccccc1C(=O)O.Cc1cc(N(CCCl)CCCl)ccc1N=Nc1ccccc1C(=O)O.[Cu]. The Kier molecular flexibility index (Phi) is 19.6. The van der Waals surface area contributed by atoms with Crippen LogP contribution < -0.4 is 9.80 Å². The molecule has 10 nitrogen and oxygen atoms in total. The topological polar surface area (TPSA) is 131 Å². The van der Waals surface area contributed by atoms with E-state index in [2.05, 4.69) is 30.3 Å². The van der Waals surface area contributed by atoms with Crippen molar-refractivity contribution >= 4 is 92.5 Å². The van der Waals surface area contributed by atoms with E-state index >= 15 is 0 Å². The summed E-state index contributed by atoms with van der Waals surface area (Å²) in [5.41, 5.74) is 6.15. The van der Waals surface area contributed by atoms with E-state index in [1.807, 2.05) is 50.2 Å². The van der Waals surface area contributed by atoms with Crippen LogP contribution in [-0.2, 0) is 17.1 Å². The van der Waals surface area contributed by atoms with Crippen LogP contribution in [0.3, 0.4) is 0 Å². The molecule has 2 N–H and O–H groups in total. The predicted octanol–water partition coefficient (Wildman–Crippen LogP) is 10.8. The molecule has 0 amide bonds. The summed E-state index contributed by atoms with van der Waals surface area (Å²) >= 11 is 23.4. The van der Waals surface area contributed by atoms with Gasteiger partial charge in [-0.2, -0.15) is 10.2 Å². The third-order valence-corrected chi connectivity index (χ3v) is 7.98. The molecule has 51 heavy (non-hydrogen) atoms. The van der Waals surface area contributed by atoms with Gasteiger partial charge < -0.3 is 20.0 Å². The molecule has 0 bridgehead atoms. The summed E-state index contributed by atoms with van der Waals surface area (Å²) in [7, 11) is 0. The normalized spacial score (nSPS) is 10.8. The third-order valence-electron chi connectivity index (χ3n) is 7.31. The predicted molar refractivity (Wildman–Crippen MR) is 205 cm³/mol. The smallest absolute Gasteiger partial charge is 0.337 e. The number of carboxylic acids is 2. The third kappa shape index (κ3) is 13.4. The first kappa shape index (κ1) is 43.5. The maximum Gasteiger partial charge on any atom is 0.337 e. The van der Waals surface area contributed by atoms with Crippen molar-refractivity contribution in [3.8, 4) is 0 Å². The molecule has 0 atom stereocenters. The van der Waals surface area contributed by atoms with Gasteiger partial charge in [0.2, 0.25) is 0 Å². The Balaban J connectivity index is 0.000000347. The second kappa shape index (κ2) is 23.0. The minimum atomic E-state index is -1.03. The molecule has 1 radical (unpaired) electrons. The molecular formula is C36H38Cl4CuN6O4. The maximum atomic E-state index is 11.2. The number of carboxylic acid groups (broad SMARTS) is 2. The van der Waals surface area contributed by atoms with Gasteiger partial charge in [0.15, 0.2) is 0 Å². The van der Waals surface area contributed by atoms with Gasteiger partial charge in [0.1, 0.15) is 11.4 Å². The number of carbonyl (C=O) groups is 2. The molecular weight excluding hydrogens is 786 g/mol. The Hall–Kier alpha value is -3.70. The summed E-state index contributed by atoms with van der Waals surface area (Å²) in [5, 5.41) is 35.0. The van der Waals surface area contributed by atoms with Crippen molar-refractivity contribution in [3.63, 3.8) is 0 Å². The van der Waals surface area contributed by atoms with E-state index in [0.717, 1.165) is 22.5 Å². The summed E-state index contributed by atoms with van der Waals surface area (Å²) in [4.78, 5) is 26.6. The molecule has 4 aromatic rings.